The number of ether oxygens (including phenoxy) is 2. The molecule has 0 unspecified atom stereocenters. The first-order chi connectivity index (χ1) is 11.5. The number of anilines is 2. The van der Waals surface area contributed by atoms with Gasteiger partial charge in [-0.1, -0.05) is 13.8 Å². The van der Waals surface area contributed by atoms with Gasteiger partial charge < -0.3 is 14.8 Å². The Labute approximate surface area is 147 Å². The van der Waals surface area contributed by atoms with Crippen molar-refractivity contribution in [1.29, 1.82) is 0 Å². The minimum absolute atomic E-state index is 0.0579. The van der Waals surface area contributed by atoms with Crippen molar-refractivity contribution < 1.29 is 19.2 Å². The average molecular weight is 351 g/mol. The van der Waals surface area contributed by atoms with Crippen LogP contribution in [-0.4, -0.2) is 35.9 Å². The lowest BCUT2D eigenvalue weighted by Gasteiger charge is -2.26. The maximum Gasteiger partial charge on any atom is 0.412 e. The van der Waals surface area contributed by atoms with Gasteiger partial charge in [0.1, 0.15) is 11.3 Å². The number of carbonyl (C=O) groups excluding carboxylic acids is 1. The summed E-state index contributed by atoms with van der Waals surface area (Å²) in [5.74, 6) is 0. The van der Waals surface area contributed by atoms with Crippen LogP contribution in [0.3, 0.4) is 0 Å². The quantitative estimate of drug-likeness (QED) is 0.632. The minimum Gasteiger partial charge on any atom is -0.444 e. The molecule has 1 fully saturated rings. The smallest absolute Gasteiger partial charge is 0.412 e. The number of hydrogen-bond acceptors (Lipinski definition) is 6. The van der Waals surface area contributed by atoms with E-state index in [-0.39, 0.29) is 17.1 Å². The van der Waals surface area contributed by atoms with Crippen molar-refractivity contribution in [2.24, 2.45) is 5.41 Å². The maximum atomic E-state index is 11.9. The molecule has 1 heterocycles. The molecule has 1 atom stereocenters. The molecule has 0 radical (unpaired) electrons. The predicted molar refractivity (Wildman–Crippen MR) is 95.0 cm³/mol. The van der Waals surface area contributed by atoms with E-state index in [4.69, 9.17) is 9.47 Å². The first-order valence-electron chi connectivity index (χ1n) is 8.11. The van der Waals surface area contributed by atoms with E-state index in [0.717, 1.165) is 0 Å². The minimum atomic E-state index is -0.628. The van der Waals surface area contributed by atoms with Crippen LogP contribution >= 0.6 is 0 Å². The molecule has 0 aromatic heterocycles. The van der Waals surface area contributed by atoms with Gasteiger partial charge in [0.2, 0.25) is 0 Å². The van der Waals surface area contributed by atoms with E-state index in [1.54, 1.807) is 20.8 Å². The van der Waals surface area contributed by atoms with E-state index in [1.165, 1.54) is 18.2 Å². The van der Waals surface area contributed by atoms with Gasteiger partial charge in [-0.15, -0.1) is 0 Å². The van der Waals surface area contributed by atoms with Crippen molar-refractivity contribution in [3.63, 3.8) is 0 Å². The Hall–Kier alpha value is -2.35. The second-order valence-electron chi connectivity index (χ2n) is 7.82. The van der Waals surface area contributed by atoms with E-state index >= 15 is 0 Å². The van der Waals surface area contributed by atoms with Crippen LogP contribution in [0.15, 0.2) is 18.2 Å². The molecular weight excluding hydrogens is 326 g/mol. The van der Waals surface area contributed by atoms with E-state index in [9.17, 15) is 14.9 Å². The Morgan fingerprint density at radius 2 is 2.08 bits per heavy atom. The lowest BCUT2D eigenvalue weighted by molar-refractivity contribution is -0.384. The van der Waals surface area contributed by atoms with Gasteiger partial charge >= 0.3 is 6.09 Å². The first kappa shape index (κ1) is 19.0. The summed E-state index contributed by atoms with van der Waals surface area (Å²) in [5.41, 5.74) is -0.0850. The predicted octanol–water partition coefficient (Wildman–Crippen LogP) is 3.78. The van der Waals surface area contributed by atoms with Crippen LogP contribution in [0.2, 0.25) is 0 Å². The van der Waals surface area contributed by atoms with Gasteiger partial charge in [-0.05, 0) is 32.9 Å². The topological polar surface area (TPSA) is 103 Å². The SMILES string of the molecule is CC(C)(C)OC(=O)Nc1ccc([N+](=O)[O-])c(N[C@@H]2COCC2(C)C)c1. The normalized spacial score (nSPS) is 19.3. The van der Waals surface area contributed by atoms with Crippen LogP contribution < -0.4 is 10.6 Å². The van der Waals surface area contributed by atoms with Crippen LogP contribution in [0.5, 0.6) is 0 Å². The van der Waals surface area contributed by atoms with E-state index in [1.807, 2.05) is 13.8 Å². The third-order valence-corrected chi connectivity index (χ3v) is 3.87. The molecule has 1 aromatic carbocycles. The largest absolute Gasteiger partial charge is 0.444 e. The zero-order valence-electron chi connectivity index (χ0n) is 15.2. The lowest BCUT2D eigenvalue weighted by atomic mass is 9.88. The summed E-state index contributed by atoms with van der Waals surface area (Å²) < 4.78 is 10.7. The highest BCUT2D eigenvalue weighted by Gasteiger charge is 2.36. The molecule has 2 rings (SSSR count). The molecule has 1 aliphatic rings. The number of benzene rings is 1. The van der Waals surface area contributed by atoms with Gasteiger partial charge in [0, 0.05) is 17.2 Å². The number of carbonyl (C=O) groups is 1. The van der Waals surface area contributed by atoms with Gasteiger partial charge in [0.25, 0.3) is 5.69 Å². The molecule has 138 valence electrons. The number of nitro benzene ring substituents is 1. The van der Waals surface area contributed by atoms with Gasteiger partial charge in [-0.2, -0.15) is 0 Å². The fourth-order valence-corrected chi connectivity index (χ4v) is 2.50. The Bertz CT molecular complexity index is 667. The van der Waals surface area contributed by atoms with Crippen molar-refractivity contribution in [2.45, 2.75) is 46.3 Å². The summed E-state index contributed by atoms with van der Waals surface area (Å²) in [4.78, 5) is 22.7. The number of hydrogen-bond donors (Lipinski definition) is 2. The molecule has 0 aliphatic carbocycles. The zero-order valence-corrected chi connectivity index (χ0v) is 15.2. The first-order valence-corrected chi connectivity index (χ1v) is 8.11. The highest BCUT2D eigenvalue weighted by molar-refractivity contribution is 5.86. The fourth-order valence-electron chi connectivity index (χ4n) is 2.50. The van der Waals surface area contributed by atoms with Gasteiger partial charge in [0.15, 0.2) is 0 Å². The molecule has 2 N–H and O–H groups in total. The standard InChI is InChI=1S/C17H25N3O5/c1-16(2,3)25-15(21)18-11-6-7-13(20(22)23)12(8-11)19-14-9-24-10-17(14,4)5/h6-8,14,19H,9-10H2,1-5H3,(H,18,21)/t14-/m1/s1. The number of rotatable bonds is 4. The van der Waals surface area contributed by atoms with E-state index in [0.29, 0.717) is 24.6 Å². The lowest BCUT2D eigenvalue weighted by Crippen LogP contribution is -2.34. The van der Waals surface area contributed by atoms with Crippen LogP contribution in [-0.2, 0) is 9.47 Å². The second kappa shape index (κ2) is 6.87. The van der Waals surface area contributed by atoms with Crippen molar-refractivity contribution in [1.82, 2.24) is 0 Å². The number of nitrogens with zero attached hydrogens (tertiary/aromatic N) is 1. The summed E-state index contributed by atoms with van der Waals surface area (Å²) in [5, 5.41) is 17.1. The zero-order chi connectivity index (χ0) is 18.8. The van der Waals surface area contributed by atoms with Crippen molar-refractivity contribution in [3.05, 3.63) is 28.3 Å². The molecule has 1 aromatic rings. The second-order valence-corrected chi connectivity index (χ2v) is 7.82. The number of nitro groups is 1. The molecule has 0 bridgehead atoms. The molecule has 0 saturated carbocycles. The van der Waals surface area contributed by atoms with Crippen molar-refractivity contribution in [3.8, 4) is 0 Å². The Balaban J connectivity index is 2.21. The van der Waals surface area contributed by atoms with Crippen molar-refractivity contribution in [2.75, 3.05) is 23.8 Å². The van der Waals surface area contributed by atoms with Gasteiger partial charge in [-0.3, -0.25) is 15.4 Å². The fraction of sp³-hybridized carbons (Fsp3) is 0.588. The molecule has 1 amide bonds. The van der Waals surface area contributed by atoms with Crippen LogP contribution in [0.25, 0.3) is 0 Å². The molecule has 8 nitrogen and oxygen atoms in total. The third kappa shape index (κ3) is 5.06. The van der Waals surface area contributed by atoms with Gasteiger partial charge in [-0.25, -0.2) is 4.79 Å². The number of amides is 1. The monoisotopic (exact) mass is 351 g/mol. The Morgan fingerprint density at radius 3 is 2.60 bits per heavy atom. The summed E-state index contributed by atoms with van der Waals surface area (Å²) in [7, 11) is 0. The highest BCUT2D eigenvalue weighted by atomic mass is 16.6. The summed E-state index contributed by atoms with van der Waals surface area (Å²) in [6, 6.07) is 4.31. The average Bonchev–Trinajstić information content (AvgIpc) is 2.75. The summed E-state index contributed by atoms with van der Waals surface area (Å²) in [6.07, 6.45) is -0.614. The van der Waals surface area contributed by atoms with Crippen LogP contribution in [0.4, 0.5) is 21.9 Å². The highest BCUT2D eigenvalue weighted by Crippen LogP contribution is 2.34. The molecule has 1 saturated heterocycles. The van der Waals surface area contributed by atoms with E-state index in [2.05, 4.69) is 10.6 Å². The van der Waals surface area contributed by atoms with Crippen LogP contribution in [0.1, 0.15) is 34.6 Å². The van der Waals surface area contributed by atoms with Gasteiger partial charge in [0.05, 0.1) is 24.2 Å². The maximum absolute atomic E-state index is 11.9. The molecule has 0 spiro atoms. The Morgan fingerprint density at radius 1 is 1.40 bits per heavy atom. The number of nitrogens with one attached hydrogen (secondary N) is 2. The molecule has 8 heteroatoms. The Kier molecular flexibility index (Phi) is 5.22. The third-order valence-electron chi connectivity index (χ3n) is 3.87. The summed E-state index contributed by atoms with van der Waals surface area (Å²) >= 11 is 0. The molecule has 25 heavy (non-hydrogen) atoms. The molecular formula is C17H25N3O5. The molecule has 1 aliphatic heterocycles. The summed E-state index contributed by atoms with van der Waals surface area (Å²) in [6.45, 7) is 10.4. The van der Waals surface area contributed by atoms with Crippen LogP contribution in [0, 0.1) is 15.5 Å². The van der Waals surface area contributed by atoms with Crippen molar-refractivity contribution >= 4 is 23.2 Å². The van der Waals surface area contributed by atoms with E-state index < -0.39 is 16.6 Å².